The van der Waals surface area contributed by atoms with Crippen LogP contribution in [0, 0.1) is 6.92 Å². The van der Waals surface area contributed by atoms with Crippen molar-refractivity contribution in [3.8, 4) is 5.88 Å². The van der Waals surface area contributed by atoms with E-state index in [2.05, 4.69) is 15.3 Å². The van der Waals surface area contributed by atoms with Crippen molar-refractivity contribution in [3.63, 3.8) is 0 Å². The average Bonchev–Trinajstić information content (AvgIpc) is 2.66. The van der Waals surface area contributed by atoms with Crippen LogP contribution in [0.4, 0.5) is 17.6 Å². The van der Waals surface area contributed by atoms with E-state index in [1.165, 1.54) is 38.4 Å². The van der Waals surface area contributed by atoms with Gasteiger partial charge in [0.25, 0.3) is 5.91 Å². The number of nitrogens with zero attached hydrogens (tertiary/aromatic N) is 2. The molecule has 162 valence electrons. The predicted molar refractivity (Wildman–Crippen MR) is 99.9 cm³/mol. The number of carbonyl (C=O) groups excluding carboxylic acids is 2. The van der Waals surface area contributed by atoms with Crippen LogP contribution in [0.5, 0.6) is 5.88 Å². The summed E-state index contributed by atoms with van der Waals surface area (Å²) in [5.41, 5.74) is 1.72. The van der Waals surface area contributed by atoms with Crippen LogP contribution in [-0.2, 0) is 11.2 Å². The first-order valence-corrected chi connectivity index (χ1v) is 9.00. The number of carbonyl (C=O) groups is 2. The van der Waals surface area contributed by atoms with E-state index < -0.39 is 30.9 Å². The average molecular weight is 427 g/mol. The number of aryl methyl sites for hydroxylation is 1. The lowest BCUT2D eigenvalue weighted by molar-refractivity contribution is -0.148. The van der Waals surface area contributed by atoms with Crippen molar-refractivity contribution in [3.05, 3.63) is 53.0 Å². The Morgan fingerprint density at radius 1 is 1.23 bits per heavy atom. The van der Waals surface area contributed by atoms with E-state index in [9.17, 15) is 27.2 Å². The standard InChI is InChI=1S/C20H21F4N3O3/c1-11-6-15(9-26-18(11)30-10-20(23,24)19(21)22)13(3)27-17(29)14-4-5-25-16(8-14)7-12(2)28/h4-6,8-9,13,19H,7,10H2,1-3H3,(H,27,29). The summed E-state index contributed by atoms with van der Waals surface area (Å²) in [6.07, 6.45) is -0.977. The topological polar surface area (TPSA) is 81.2 Å². The molecular formula is C20H21F4N3O3. The van der Waals surface area contributed by atoms with E-state index in [-0.39, 0.29) is 18.1 Å². The van der Waals surface area contributed by atoms with Gasteiger partial charge in [-0.05, 0) is 44.5 Å². The molecule has 1 unspecified atom stereocenters. The van der Waals surface area contributed by atoms with Crippen molar-refractivity contribution >= 4 is 11.7 Å². The lowest BCUT2D eigenvalue weighted by Gasteiger charge is -2.18. The van der Waals surface area contributed by atoms with Crippen LogP contribution in [0.3, 0.4) is 0 Å². The maximum Gasteiger partial charge on any atom is 0.340 e. The van der Waals surface area contributed by atoms with Crippen molar-refractivity contribution in [1.29, 1.82) is 0 Å². The molecule has 0 aromatic carbocycles. The molecule has 0 spiro atoms. The molecule has 6 nitrogen and oxygen atoms in total. The Labute approximate surface area is 170 Å². The fourth-order valence-electron chi connectivity index (χ4n) is 2.53. The smallest absolute Gasteiger partial charge is 0.340 e. The van der Waals surface area contributed by atoms with Crippen LogP contribution < -0.4 is 10.1 Å². The van der Waals surface area contributed by atoms with Gasteiger partial charge in [-0.15, -0.1) is 0 Å². The van der Waals surface area contributed by atoms with Crippen LogP contribution >= 0.6 is 0 Å². The fourth-order valence-corrected chi connectivity index (χ4v) is 2.53. The lowest BCUT2D eigenvalue weighted by atomic mass is 10.1. The molecule has 1 amide bonds. The number of nitrogens with one attached hydrogen (secondary N) is 1. The van der Waals surface area contributed by atoms with Gasteiger partial charge in [0.15, 0.2) is 6.61 Å². The number of pyridine rings is 2. The second-order valence-electron chi connectivity index (χ2n) is 6.85. The number of hydrogen-bond acceptors (Lipinski definition) is 5. The summed E-state index contributed by atoms with van der Waals surface area (Å²) in [4.78, 5) is 31.6. The zero-order valence-corrected chi connectivity index (χ0v) is 16.6. The van der Waals surface area contributed by atoms with Crippen LogP contribution in [-0.4, -0.2) is 40.6 Å². The zero-order chi connectivity index (χ0) is 22.5. The van der Waals surface area contributed by atoms with Crippen LogP contribution in [0.2, 0.25) is 0 Å². The van der Waals surface area contributed by atoms with E-state index in [1.807, 2.05) is 0 Å². The summed E-state index contributed by atoms with van der Waals surface area (Å²) in [5, 5.41) is 2.76. The molecule has 0 bridgehead atoms. The highest BCUT2D eigenvalue weighted by atomic mass is 19.3. The third-order valence-corrected chi connectivity index (χ3v) is 4.13. The first-order chi connectivity index (χ1) is 14.0. The molecular weight excluding hydrogens is 406 g/mol. The Balaban J connectivity index is 2.05. The predicted octanol–water partition coefficient (Wildman–Crippen LogP) is 3.69. The fraction of sp³-hybridized carbons (Fsp3) is 0.400. The van der Waals surface area contributed by atoms with Crippen LogP contribution in [0.1, 0.15) is 47.1 Å². The van der Waals surface area contributed by atoms with Gasteiger partial charge in [-0.3, -0.25) is 14.6 Å². The van der Waals surface area contributed by atoms with Crippen molar-refractivity contribution in [1.82, 2.24) is 15.3 Å². The molecule has 10 heteroatoms. The normalized spacial score (nSPS) is 12.5. The number of alkyl halides is 4. The Kier molecular flexibility index (Phi) is 7.47. The minimum absolute atomic E-state index is 0.0800. The van der Waals surface area contributed by atoms with E-state index in [1.54, 1.807) is 13.0 Å². The van der Waals surface area contributed by atoms with E-state index in [4.69, 9.17) is 4.74 Å². The van der Waals surface area contributed by atoms with Gasteiger partial charge < -0.3 is 10.1 Å². The van der Waals surface area contributed by atoms with Gasteiger partial charge in [-0.25, -0.2) is 13.8 Å². The third kappa shape index (κ3) is 6.23. The lowest BCUT2D eigenvalue weighted by Crippen LogP contribution is -2.34. The quantitative estimate of drug-likeness (QED) is 0.618. The highest BCUT2D eigenvalue weighted by Crippen LogP contribution is 2.26. The molecule has 0 aliphatic carbocycles. The maximum atomic E-state index is 13.0. The highest BCUT2D eigenvalue weighted by Gasteiger charge is 2.42. The van der Waals surface area contributed by atoms with Crippen molar-refractivity contribution in [2.45, 2.75) is 45.6 Å². The van der Waals surface area contributed by atoms with Crippen LogP contribution in [0.15, 0.2) is 30.6 Å². The summed E-state index contributed by atoms with van der Waals surface area (Å²) in [6.45, 7) is 3.15. The van der Waals surface area contributed by atoms with Gasteiger partial charge >= 0.3 is 12.3 Å². The van der Waals surface area contributed by atoms with E-state index in [0.717, 1.165) is 0 Å². The molecule has 0 aliphatic rings. The summed E-state index contributed by atoms with van der Waals surface area (Å²) in [6, 6.07) is 4.09. The monoisotopic (exact) mass is 427 g/mol. The number of halogens is 4. The van der Waals surface area contributed by atoms with Crippen molar-refractivity contribution in [2.24, 2.45) is 0 Å². The molecule has 1 N–H and O–H groups in total. The summed E-state index contributed by atoms with van der Waals surface area (Å²) < 4.78 is 55.2. The highest BCUT2D eigenvalue weighted by molar-refractivity contribution is 5.94. The van der Waals surface area contributed by atoms with Crippen molar-refractivity contribution in [2.75, 3.05) is 6.61 Å². The molecule has 0 saturated carbocycles. The number of rotatable bonds is 9. The molecule has 30 heavy (non-hydrogen) atoms. The number of ether oxygens (including phenoxy) is 1. The SMILES string of the molecule is CC(=O)Cc1cc(C(=O)NC(C)c2cnc(OCC(F)(F)C(F)F)c(C)c2)ccn1. The Hall–Kier alpha value is -3.04. The number of hydrogen-bond donors (Lipinski definition) is 1. The number of Topliss-reactive ketones (excluding diaryl/α,β-unsaturated/α-hetero) is 1. The van der Waals surface area contributed by atoms with Gasteiger partial charge in [0, 0.05) is 35.6 Å². The molecule has 2 aromatic heterocycles. The van der Waals surface area contributed by atoms with Gasteiger partial charge in [0.2, 0.25) is 5.88 Å². The number of aromatic nitrogens is 2. The molecule has 0 fully saturated rings. The summed E-state index contributed by atoms with van der Waals surface area (Å²) in [7, 11) is 0. The van der Waals surface area contributed by atoms with Gasteiger partial charge in [-0.1, -0.05) is 0 Å². The van der Waals surface area contributed by atoms with Gasteiger partial charge in [0.1, 0.15) is 5.78 Å². The zero-order valence-electron chi connectivity index (χ0n) is 16.6. The minimum Gasteiger partial charge on any atom is -0.471 e. The largest absolute Gasteiger partial charge is 0.471 e. The number of ketones is 1. The minimum atomic E-state index is -4.28. The third-order valence-electron chi connectivity index (χ3n) is 4.13. The van der Waals surface area contributed by atoms with E-state index in [0.29, 0.717) is 22.4 Å². The molecule has 2 rings (SSSR count). The maximum absolute atomic E-state index is 13.0. The summed E-state index contributed by atoms with van der Waals surface area (Å²) in [5.74, 6) is -4.95. The second kappa shape index (κ2) is 9.64. The molecule has 0 radical (unpaired) electrons. The van der Waals surface area contributed by atoms with Crippen molar-refractivity contribution < 1.29 is 31.9 Å². The Morgan fingerprint density at radius 3 is 2.53 bits per heavy atom. The Bertz CT molecular complexity index is 922. The summed E-state index contributed by atoms with van der Waals surface area (Å²) >= 11 is 0. The number of amides is 1. The van der Waals surface area contributed by atoms with Gasteiger partial charge in [-0.2, -0.15) is 8.78 Å². The van der Waals surface area contributed by atoms with Crippen LogP contribution in [0.25, 0.3) is 0 Å². The second-order valence-corrected chi connectivity index (χ2v) is 6.85. The van der Waals surface area contributed by atoms with Gasteiger partial charge in [0.05, 0.1) is 6.04 Å². The first kappa shape index (κ1) is 23.2. The molecule has 2 heterocycles. The Morgan fingerprint density at radius 2 is 1.93 bits per heavy atom. The van der Waals surface area contributed by atoms with E-state index >= 15 is 0 Å². The molecule has 2 aromatic rings. The molecule has 0 saturated heterocycles. The molecule has 0 aliphatic heterocycles. The first-order valence-electron chi connectivity index (χ1n) is 9.00. The molecule has 1 atom stereocenters.